The highest BCUT2D eigenvalue weighted by Crippen LogP contribution is 2.35. The summed E-state index contributed by atoms with van der Waals surface area (Å²) in [4.78, 5) is 25.0. The van der Waals surface area contributed by atoms with Gasteiger partial charge in [0.1, 0.15) is 17.6 Å². The highest BCUT2D eigenvalue weighted by molar-refractivity contribution is 5.97. The number of hydrogen-bond donors (Lipinski definition) is 2. The Morgan fingerprint density at radius 2 is 2.00 bits per heavy atom. The number of pyridine rings is 3. The highest BCUT2D eigenvalue weighted by atomic mass is 19.1. The van der Waals surface area contributed by atoms with Crippen LogP contribution in [0.4, 0.5) is 14.6 Å². The van der Waals surface area contributed by atoms with Crippen molar-refractivity contribution in [3.05, 3.63) is 54.0 Å². The van der Waals surface area contributed by atoms with Crippen LogP contribution in [0.15, 0.2) is 36.8 Å². The van der Waals surface area contributed by atoms with Crippen molar-refractivity contribution in [2.45, 2.75) is 45.4 Å². The Kier molecular flexibility index (Phi) is 5.28. The summed E-state index contributed by atoms with van der Waals surface area (Å²) in [5.41, 5.74) is 3.77. The summed E-state index contributed by atoms with van der Waals surface area (Å²) in [6.45, 7) is 3.91. The molecule has 0 bridgehead atoms. The van der Waals surface area contributed by atoms with Crippen molar-refractivity contribution in [2.24, 2.45) is 5.92 Å². The summed E-state index contributed by atoms with van der Waals surface area (Å²) in [5.74, 6) is -1.42. The van der Waals surface area contributed by atoms with E-state index in [2.05, 4.69) is 20.3 Å². The Hall–Kier alpha value is -3.46. The second kappa shape index (κ2) is 8.15. The minimum atomic E-state index is -1.11. The van der Waals surface area contributed by atoms with E-state index < -0.39 is 30.0 Å². The van der Waals surface area contributed by atoms with E-state index in [0.29, 0.717) is 34.2 Å². The topological polar surface area (TPSA) is 92.4 Å². The first-order chi connectivity index (χ1) is 15.9. The van der Waals surface area contributed by atoms with Gasteiger partial charge in [-0.2, -0.15) is 4.39 Å². The molecule has 4 aromatic heterocycles. The zero-order valence-corrected chi connectivity index (χ0v) is 18.2. The molecule has 0 saturated heterocycles. The molecule has 33 heavy (non-hydrogen) atoms. The third kappa shape index (κ3) is 3.82. The fourth-order valence-electron chi connectivity index (χ4n) is 4.11. The smallest absolute Gasteiger partial charge is 0.231 e. The molecule has 0 radical (unpaired) electrons. The number of carbonyl (C=O) groups is 1. The van der Waals surface area contributed by atoms with E-state index in [0.717, 1.165) is 23.7 Å². The van der Waals surface area contributed by atoms with Crippen molar-refractivity contribution in [3.63, 3.8) is 0 Å². The highest BCUT2D eigenvalue weighted by Gasteiger charge is 2.43. The summed E-state index contributed by atoms with van der Waals surface area (Å²) >= 11 is 0. The molecule has 1 saturated carbocycles. The molecule has 2 N–H and O–H groups in total. The predicted octanol–water partition coefficient (Wildman–Crippen LogP) is 4.52. The lowest BCUT2D eigenvalue weighted by Gasteiger charge is -2.14. The average Bonchev–Trinajstić information content (AvgIpc) is 3.41. The van der Waals surface area contributed by atoms with Crippen LogP contribution in [-0.2, 0) is 4.79 Å². The van der Waals surface area contributed by atoms with Gasteiger partial charge in [0.05, 0.1) is 29.4 Å². The van der Waals surface area contributed by atoms with E-state index in [9.17, 15) is 18.7 Å². The monoisotopic (exact) mass is 451 g/mol. The molecule has 5 rings (SSSR count). The number of carbonyl (C=O) groups excluding carboxylic acids is 1. The van der Waals surface area contributed by atoms with Gasteiger partial charge in [-0.1, -0.05) is 13.3 Å². The number of aromatic nitrogens is 4. The number of rotatable bonds is 6. The first-order valence-electron chi connectivity index (χ1n) is 10.9. The van der Waals surface area contributed by atoms with Crippen molar-refractivity contribution in [2.75, 3.05) is 5.32 Å². The molecular weight excluding hydrogens is 428 g/mol. The van der Waals surface area contributed by atoms with Gasteiger partial charge >= 0.3 is 0 Å². The number of nitrogens with zero attached hydrogens (tertiary/aromatic N) is 4. The number of aryl methyl sites for hydroxylation is 1. The van der Waals surface area contributed by atoms with Crippen molar-refractivity contribution in [1.29, 1.82) is 0 Å². The first-order valence-corrected chi connectivity index (χ1v) is 10.9. The van der Waals surface area contributed by atoms with Crippen LogP contribution in [0.3, 0.4) is 0 Å². The number of hydrogen-bond acceptors (Lipinski definition) is 5. The van der Waals surface area contributed by atoms with Crippen LogP contribution in [0.2, 0.25) is 0 Å². The third-order valence-corrected chi connectivity index (χ3v) is 6.04. The van der Waals surface area contributed by atoms with Crippen LogP contribution in [-0.4, -0.2) is 36.5 Å². The second-order valence-electron chi connectivity index (χ2n) is 8.50. The minimum absolute atomic E-state index is 0.213. The summed E-state index contributed by atoms with van der Waals surface area (Å²) in [5, 5.41) is 13.5. The number of alkyl halides is 1. The van der Waals surface area contributed by atoms with Crippen LogP contribution in [0, 0.1) is 18.8 Å². The van der Waals surface area contributed by atoms with Gasteiger partial charge in [0.2, 0.25) is 11.9 Å². The molecule has 1 amide bonds. The summed E-state index contributed by atoms with van der Waals surface area (Å²) < 4.78 is 29.3. The van der Waals surface area contributed by atoms with Gasteiger partial charge in [0.15, 0.2) is 0 Å². The molecule has 170 valence electrons. The summed E-state index contributed by atoms with van der Waals surface area (Å²) in [6, 6.07) is 5.24. The maximum atomic E-state index is 14.8. The number of nitrogens with one attached hydrogen (secondary N) is 1. The minimum Gasteiger partial charge on any atom is -0.387 e. The van der Waals surface area contributed by atoms with Crippen molar-refractivity contribution >= 4 is 28.3 Å². The zero-order chi connectivity index (χ0) is 23.3. The number of imidazole rings is 1. The van der Waals surface area contributed by atoms with Crippen LogP contribution in [0.25, 0.3) is 27.7 Å². The van der Waals surface area contributed by atoms with E-state index in [1.54, 1.807) is 12.3 Å². The van der Waals surface area contributed by atoms with Gasteiger partial charge in [-0.15, -0.1) is 0 Å². The molecule has 4 heterocycles. The average molecular weight is 451 g/mol. The Bertz CT molecular complexity index is 1390. The number of aliphatic hydroxyl groups is 1. The molecule has 0 spiro atoms. The molecule has 3 atom stereocenters. The van der Waals surface area contributed by atoms with Gasteiger partial charge in [0.25, 0.3) is 0 Å². The molecular formula is C24H23F2N5O2. The number of amides is 1. The van der Waals surface area contributed by atoms with Gasteiger partial charge < -0.3 is 10.4 Å². The number of halogens is 2. The van der Waals surface area contributed by atoms with Crippen LogP contribution >= 0.6 is 0 Å². The molecule has 0 aliphatic heterocycles. The van der Waals surface area contributed by atoms with Crippen molar-refractivity contribution < 1.29 is 18.7 Å². The van der Waals surface area contributed by atoms with Crippen LogP contribution < -0.4 is 5.32 Å². The van der Waals surface area contributed by atoms with E-state index in [4.69, 9.17) is 0 Å². The summed E-state index contributed by atoms with van der Waals surface area (Å²) in [7, 11) is 0. The number of anilines is 1. The first kappa shape index (κ1) is 21.4. The molecule has 7 nitrogen and oxygen atoms in total. The van der Waals surface area contributed by atoms with Gasteiger partial charge in [0, 0.05) is 35.0 Å². The molecule has 1 aliphatic carbocycles. The van der Waals surface area contributed by atoms with Crippen LogP contribution in [0.1, 0.15) is 43.5 Å². The van der Waals surface area contributed by atoms with Gasteiger partial charge in [-0.05, 0) is 37.5 Å². The Balaban J connectivity index is 1.59. The maximum absolute atomic E-state index is 14.8. The summed E-state index contributed by atoms with van der Waals surface area (Å²) in [6.07, 6.45) is 4.27. The molecule has 1 aliphatic rings. The molecule has 0 unspecified atom stereocenters. The fraction of sp³-hybridized carbons (Fsp3) is 0.333. The van der Waals surface area contributed by atoms with Gasteiger partial charge in [-0.25, -0.2) is 14.4 Å². The predicted molar refractivity (Wildman–Crippen MR) is 120 cm³/mol. The van der Waals surface area contributed by atoms with Gasteiger partial charge in [-0.3, -0.25) is 14.2 Å². The van der Waals surface area contributed by atoms with E-state index >= 15 is 0 Å². The Morgan fingerprint density at radius 3 is 2.70 bits per heavy atom. The van der Waals surface area contributed by atoms with Crippen LogP contribution in [0.5, 0.6) is 0 Å². The normalized spacial score (nSPS) is 18.6. The largest absolute Gasteiger partial charge is 0.387 e. The number of aliphatic hydroxyl groups excluding tert-OH is 1. The lowest BCUT2D eigenvalue weighted by Crippen LogP contribution is -2.16. The zero-order valence-electron chi connectivity index (χ0n) is 18.2. The third-order valence-electron chi connectivity index (χ3n) is 6.04. The Morgan fingerprint density at radius 1 is 1.21 bits per heavy atom. The van der Waals surface area contributed by atoms with E-state index in [-0.39, 0.29) is 12.2 Å². The molecule has 4 aromatic rings. The Labute approximate surface area is 188 Å². The maximum Gasteiger partial charge on any atom is 0.231 e. The van der Waals surface area contributed by atoms with Crippen molar-refractivity contribution in [3.8, 4) is 11.1 Å². The van der Waals surface area contributed by atoms with Crippen molar-refractivity contribution in [1.82, 2.24) is 19.4 Å². The standard InChI is InChI=1S/C24H23F2N5O2/c1-3-4-20(32)18-5-12(2)16(10-27-18)14-6-13-9-28-22(30-24(33)15-7-17(15)25)8-19(13)31-21(26)11-29-23(14)31/h5-6,8-11,15,17,20,32H,3-4,7H2,1-2H3,(H,28,30,33)/t15-,17+,20+/m0/s1. The number of fused-ring (bicyclic) bond motifs is 3. The quantitative estimate of drug-likeness (QED) is 0.450. The molecule has 0 aromatic carbocycles. The lowest BCUT2D eigenvalue weighted by atomic mass is 10.00. The molecule has 1 fully saturated rings. The fourth-order valence-corrected chi connectivity index (χ4v) is 4.11. The SMILES string of the molecule is CCC[C@@H](O)c1cc(C)c(-c2cc3cnc(NC(=O)[C@H]4C[C@H]4F)cc3n3c(F)cnc23)cn1. The second-order valence-corrected chi connectivity index (χ2v) is 8.50. The lowest BCUT2D eigenvalue weighted by molar-refractivity contribution is -0.117. The van der Waals surface area contributed by atoms with E-state index in [1.807, 2.05) is 26.0 Å². The van der Waals surface area contributed by atoms with E-state index in [1.165, 1.54) is 10.6 Å². The molecule has 9 heteroatoms.